The fourth-order valence-corrected chi connectivity index (χ4v) is 2.81. The zero-order valence-electron chi connectivity index (χ0n) is 12.6. The van der Waals surface area contributed by atoms with Crippen LogP contribution in [0.3, 0.4) is 0 Å². The first-order valence-electron chi connectivity index (χ1n) is 7.19. The predicted molar refractivity (Wildman–Crippen MR) is 79.2 cm³/mol. The molecule has 1 saturated heterocycles. The summed E-state index contributed by atoms with van der Waals surface area (Å²) in [5.74, 6) is 0.139. The molecule has 0 spiro atoms. The molecule has 0 aliphatic carbocycles. The monoisotopic (exact) mass is 270 g/mol. The Morgan fingerprint density at radius 3 is 2.90 bits per heavy atom. The highest BCUT2D eigenvalue weighted by atomic mass is 16.2. The number of amides is 1. The third-order valence-corrected chi connectivity index (χ3v) is 4.17. The van der Waals surface area contributed by atoms with E-state index in [1.165, 1.54) is 5.56 Å². The fraction of sp³-hybridized carbons (Fsp3) is 0.529. The van der Waals surface area contributed by atoms with E-state index < -0.39 is 0 Å². The fourth-order valence-electron chi connectivity index (χ4n) is 2.81. The Morgan fingerprint density at radius 2 is 2.20 bits per heavy atom. The highest BCUT2D eigenvalue weighted by Gasteiger charge is 2.33. The molecule has 2 rings (SSSR count). The average Bonchev–Trinajstić information content (AvgIpc) is 2.43. The minimum absolute atomic E-state index is 0.139. The summed E-state index contributed by atoms with van der Waals surface area (Å²) in [6.07, 6.45) is 2.24. The zero-order chi connectivity index (χ0) is 14.8. The number of hydrogen-bond acceptors (Lipinski definition) is 2. The minimum Gasteiger partial charge on any atom is -0.341 e. The molecule has 20 heavy (non-hydrogen) atoms. The zero-order valence-corrected chi connectivity index (χ0v) is 12.6. The number of rotatable bonds is 2. The van der Waals surface area contributed by atoms with E-state index in [2.05, 4.69) is 24.3 Å². The van der Waals surface area contributed by atoms with Crippen molar-refractivity contribution in [2.24, 2.45) is 5.41 Å². The van der Waals surface area contributed by atoms with Gasteiger partial charge in [0, 0.05) is 13.1 Å². The van der Waals surface area contributed by atoms with E-state index in [4.69, 9.17) is 0 Å². The Morgan fingerprint density at radius 1 is 1.45 bits per heavy atom. The van der Waals surface area contributed by atoms with Gasteiger partial charge >= 0.3 is 0 Å². The molecule has 0 N–H and O–H groups in total. The number of aryl methyl sites for hydroxylation is 2. The second-order valence-electron chi connectivity index (χ2n) is 6.20. The number of likely N-dealkylation sites (tertiary alicyclic amines) is 1. The van der Waals surface area contributed by atoms with Gasteiger partial charge in [-0.1, -0.05) is 23.8 Å². The van der Waals surface area contributed by atoms with Crippen molar-refractivity contribution in [2.45, 2.75) is 40.0 Å². The summed E-state index contributed by atoms with van der Waals surface area (Å²) < 4.78 is 0. The molecule has 1 aromatic rings. The Kier molecular flexibility index (Phi) is 4.13. The number of carbonyl (C=O) groups is 1. The van der Waals surface area contributed by atoms with Gasteiger partial charge in [-0.3, -0.25) is 4.79 Å². The third-order valence-electron chi connectivity index (χ3n) is 4.17. The highest BCUT2D eigenvalue weighted by Crippen LogP contribution is 2.28. The first-order chi connectivity index (χ1) is 9.43. The van der Waals surface area contributed by atoms with Gasteiger partial charge < -0.3 is 4.90 Å². The van der Waals surface area contributed by atoms with Crippen LogP contribution in [-0.4, -0.2) is 23.9 Å². The van der Waals surface area contributed by atoms with Crippen LogP contribution < -0.4 is 0 Å². The van der Waals surface area contributed by atoms with Crippen molar-refractivity contribution < 1.29 is 4.79 Å². The van der Waals surface area contributed by atoms with Crippen molar-refractivity contribution in [1.29, 1.82) is 5.26 Å². The molecule has 1 atom stereocenters. The Bertz CT molecular complexity index is 559. The van der Waals surface area contributed by atoms with Gasteiger partial charge in [0.05, 0.1) is 17.9 Å². The smallest absolute Gasteiger partial charge is 0.227 e. The molecule has 3 heteroatoms. The second kappa shape index (κ2) is 5.66. The molecule has 3 nitrogen and oxygen atoms in total. The van der Waals surface area contributed by atoms with E-state index in [0.717, 1.165) is 30.5 Å². The van der Waals surface area contributed by atoms with Crippen molar-refractivity contribution in [3.05, 3.63) is 34.9 Å². The van der Waals surface area contributed by atoms with Crippen LogP contribution in [0, 0.1) is 30.6 Å². The summed E-state index contributed by atoms with van der Waals surface area (Å²) in [6, 6.07) is 8.57. The molecule has 1 amide bonds. The number of benzene rings is 1. The Balaban J connectivity index is 2.09. The molecular weight excluding hydrogens is 248 g/mol. The summed E-state index contributed by atoms with van der Waals surface area (Å²) >= 11 is 0. The standard InChI is InChI=1S/C17H22N2O/c1-13-5-6-14(2)15(9-13)10-16(20)19-8-4-7-17(3,11-18)12-19/h5-6,9H,4,7-8,10,12H2,1-3H3. The molecule has 106 valence electrons. The minimum atomic E-state index is -0.379. The molecule has 0 bridgehead atoms. The van der Waals surface area contributed by atoms with E-state index in [-0.39, 0.29) is 11.3 Å². The normalized spacial score (nSPS) is 22.4. The van der Waals surface area contributed by atoms with Gasteiger partial charge in [0.1, 0.15) is 0 Å². The lowest BCUT2D eigenvalue weighted by Gasteiger charge is -2.36. The molecule has 1 aliphatic heterocycles. The summed E-state index contributed by atoms with van der Waals surface area (Å²) in [6.45, 7) is 7.37. The molecule has 1 fully saturated rings. The van der Waals surface area contributed by atoms with Crippen molar-refractivity contribution in [1.82, 2.24) is 4.90 Å². The molecule has 1 unspecified atom stereocenters. The molecule has 0 saturated carbocycles. The number of piperidine rings is 1. The second-order valence-corrected chi connectivity index (χ2v) is 6.20. The Labute approximate surface area is 121 Å². The van der Waals surface area contributed by atoms with Crippen LogP contribution in [0.5, 0.6) is 0 Å². The highest BCUT2D eigenvalue weighted by molar-refractivity contribution is 5.79. The van der Waals surface area contributed by atoms with Gasteiger partial charge in [0.15, 0.2) is 0 Å². The van der Waals surface area contributed by atoms with Crippen molar-refractivity contribution in [3.8, 4) is 6.07 Å². The lowest BCUT2D eigenvalue weighted by atomic mass is 9.83. The lowest BCUT2D eigenvalue weighted by molar-refractivity contribution is -0.132. The first kappa shape index (κ1) is 14.6. The van der Waals surface area contributed by atoms with Crippen LogP contribution in [0.2, 0.25) is 0 Å². The van der Waals surface area contributed by atoms with Crippen LogP contribution in [-0.2, 0) is 11.2 Å². The topological polar surface area (TPSA) is 44.1 Å². The predicted octanol–water partition coefficient (Wildman–Crippen LogP) is 3.00. The van der Waals surface area contributed by atoms with Crippen molar-refractivity contribution >= 4 is 5.91 Å². The number of nitriles is 1. The first-order valence-corrected chi connectivity index (χ1v) is 7.19. The number of hydrogen-bond donors (Lipinski definition) is 0. The summed E-state index contributed by atoms with van der Waals surface area (Å²) in [5, 5.41) is 9.23. The Hall–Kier alpha value is -1.82. The third kappa shape index (κ3) is 3.19. The van der Waals surface area contributed by atoms with E-state index in [1.807, 2.05) is 25.7 Å². The maximum Gasteiger partial charge on any atom is 0.227 e. The van der Waals surface area contributed by atoms with Crippen LogP contribution in [0.25, 0.3) is 0 Å². The number of carbonyl (C=O) groups excluding carboxylic acids is 1. The van der Waals surface area contributed by atoms with E-state index in [1.54, 1.807) is 0 Å². The molecule has 0 aromatic heterocycles. The SMILES string of the molecule is Cc1ccc(C)c(CC(=O)N2CCCC(C)(C#N)C2)c1. The number of nitrogens with zero attached hydrogens (tertiary/aromatic N) is 2. The van der Waals surface area contributed by atoms with Crippen molar-refractivity contribution in [2.75, 3.05) is 13.1 Å². The van der Waals surface area contributed by atoms with Crippen molar-refractivity contribution in [3.63, 3.8) is 0 Å². The maximum atomic E-state index is 12.5. The largest absolute Gasteiger partial charge is 0.341 e. The van der Waals surface area contributed by atoms with Crippen LogP contribution in [0.1, 0.15) is 36.5 Å². The summed E-state index contributed by atoms with van der Waals surface area (Å²) in [4.78, 5) is 14.3. The van der Waals surface area contributed by atoms with Gasteiger partial charge in [0.2, 0.25) is 5.91 Å². The average molecular weight is 270 g/mol. The van der Waals surface area contributed by atoms with Crippen LogP contribution in [0.15, 0.2) is 18.2 Å². The summed E-state index contributed by atoms with van der Waals surface area (Å²) in [7, 11) is 0. The van der Waals surface area contributed by atoms with Gasteiger partial charge in [-0.15, -0.1) is 0 Å². The van der Waals surface area contributed by atoms with Crippen LogP contribution in [0.4, 0.5) is 0 Å². The quantitative estimate of drug-likeness (QED) is 0.829. The van der Waals surface area contributed by atoms with Gasteiger partial charge in [-0.05, 0) is 44.7 Å². The summed E-state index contributed by atoms with van der Waals surface area (Å²) in [5.41, 5.74) is 3.05. The molecular formula is C17H22N2O. The van der Waals surface area contributed by atoms with Crippen LogP contribution >= 0.6 is 0 Å². The molecule has 1 aliphatic rings. The molecule has 1 aromatic carbocycles. The van der Waals surface area contributed by atoms with Gasteiger partial charge in [-0.25, -0.2) is 0 Å². The van der Waals surface area contributed by atoms with E-state index in [9.17, 15) is 10.1 Å². The van der Waals surface area contributed by atoms with E-state index >= 15 is 0 Å². The molecule has 1 heterocycles. The van der Waals surface area contributed by atoms with Gasteiger partial charge in [-0.2, -0.15) is 5.26 Å². The lowest BCUT2D eigenvalue weighted by Crippen LogP contribution is -2.44. The van der Waals surface area contributed by atoms with Gasteiger partial charge in [0.25, 0.3) is 0 Å². The molecule has 0 radical (unpaired) electrons. The van der Waals surface area contributed by atoms with E-state index in [0.29, 0.717) is 13.0 Å². The maximum absolute atomic E-state index is 12.5.